The van der Waals surface area contributed by atoms with E-state index in [9.17, 15) is 14.7 Å². The average molecular weight is 381 g/mol. The number of nitrogens with zero attached hydrogens (tertiary/aromatic N) is 3. The molecule has 1 fully saturated rings. The Kier molecular flexibility index (Phi) is 4.88. The second-order valence-electron chi connectivity index (χ2n) is 7.51. The third-order valence-corrected chi connectivity index (χ3v) is 4.56. The average Bonchev–Trinajstić information content (AvgIpc) is 3.10. The molecular formula is C17H21ClN4O4. The van der Waals surface area contributed by atoms with Crippen molar-refractivity contribution in [1.29, 1.82) is 0 Å². The lowest BCUT2D eigenvalue weighted by atomic mass is 9.94. The smallest absolute Gasteiger partial charge is 0.407 e. The Labute approximate surface area is 156 Å². The first-order valence-corrected chi connectivity index (χ1v) is 8.88. The molecule has 9 heteroatoms. The Balaban J connectivity index is 1.84. The van der Waals surface area contributed by atoms with Gasteiger partial charge in [0, 0.05) is 23.9 Å². The minimum Gasteiger partial charge on any atom is -0.477 e. The number of hydrogen-bond donors (Lipinski definition) is 2. The lowest BCUT2D eigenvalue weighted by Gasteiger charge is -2.25. The number of aliphatic imine (C=N–C) groups is 1. The predicted octanol–water partition coefficient (Wildman–Crippen LogP) is 3.00. The first-order valence-electron chi connectivity index (χ1n) is 8.51. The molecule has 3 rings (SSSR count). The summed E-state index contributed by atoms with van der Waals surface area (Å²) in [6.07, 6.45) is 2.19. The van der Waals surface area contributed by atoms with Crippen LogP contribution in [-0.4, -0.2) is 44.5 Å². The third kappa shape index (κ3) is 3.95. The highest BCUT2D eigenvalue weighted by Crippen LogP contribution is 2.40. The Morgan fingerprint density at radius 2 is 2.00 bits per heavy atom. The minimum atomic E-state index is -1.08. The van der Waals surface area contributed by atoms with E-state index in [-0.39, 0.29) is 29.4 Å². The van der Waals surface area contributed by atoms with Gasteiger partial charge in [-0.05, 0) is 45.2 Å². The summed E-state index contributed by atoms with van der Waals surface area (Å²) in [5, 5.41) is 12.1. The second-order valence-corrected chi connectivity index (χ2v) is 7.85. The molecule has 0 unspecified atom stereocenters. The molecule has 0 aromatic carbocycles. The summed E-state index contributed by atoms with van der Waals surface area (Å²) in [5.74, 6) is -0.861. The Bertz CT molecular complexity index is 788. The summed E-state index contributed by atoms with van der Waals surface area (Å²) < 4.78 is 5.34. The molecule has 140 valence electrons. The van der Waals surface area contributed by atoms with E-state index in [1.807, 2.05) is 0 Å². The lowest BCUT2D eigenvalue weighted by molar-refractivity contribution is -0.129. The van der Waals surface area contributed by atoms with Gasteiger partial charge >= 0.3 is 12.1 Å². The van der Waals surface area contributed by atoms with Crippen molar-refractivity contribution in [3.63, 3.8) is 0 Å². The first kappa shape index (κ1) is 18.6. The number of ether oxygens (including phenoxy) is 1. The minimum absolute atomic E-state index is 0.0208. The number of aliphatic carboxylic acids is 1. The van der Waals surface area contributed by atoms with E-state index in [1.165, 1.54) is 0 Å². The van der Waals surface area contributed by atoms with Gasteiger partial charge in [-0.2, -0.15) is 4.98 Å². The van der Waals surface area contributed by atoms with Crippen LogP contribution in [-0.2, 0) is 16.0 Å². The molecule has 2 N–H and O–H groups in total. The SMILES string of the molecule is CC(C)(C)OC(=O)N[C@H]1CCC[C@@H]1c1nc(Cl)nc2c1CC(C(=O)O)=N2. The van der Waals surface area contributed by atoms with E-state index < -0.39 is 17.7 Å². The van der Waals surface area contributed by atoms with Gasteiger partial charge in [0.1, 0.15) is 11.3 Å². The number of hydrogen-bond acceptors (Lipinski definition) is 6. The number of nitrogens with one attached hydrogen (secondary N) is 1. The Morgan fingerprint density at radius 3 is 2.65 bits per heavy atom. The van der Waals surface area contributed by atoms with Crippen molar-refractivity contribution in [1.82, 2.24) is 15.3 Å². The third-order valence-electron chi connectivity index (χ3n) is 4.39. The quantitative estimate of drug-likeness (QED) is 0.779. The van der Waals surface area contributed by atoms with Crippen molar-refractivity contribution in [2.45, 2.75) is 64.0 Å². The van der Waals surface area contributed by atoms with Crippen molar-refractivity contribution in [3.05, 3.63) is 16.5 Å². The number of carbonyl (C=O) groups excluding carboxylic acids is 1. The van der Waals surface area contributed by atoms with Crippen molar-refractivity contribution in [3.8, 4) is 0 Å². The second kappa shape index (κ2) is 6.83. The van der Waals surface area contributed by atoms with Crippen LogP contribution in [0.4, 0.5) is 10.6 Å². The van der Waals surface area contributed by atoms with E-state index in [2.05, 4.69) is 20.3 Å². The van der Waals surface area contributed by atoms with E-state index in [4.69, 9.17) is 16.3 Å². The van der Waals surface area contributed by atoms with Crippen LogP contribution >= 0.6 is 11.6 Å². The van der Waals surface area contributed by atoms with Gasteiger partial charge in [0.15, 0.2) is 5.82 Å². The summed E-state index contributed by atoms with van der Waals surface area (Å²) in [4.78, 5) is 35.8. The maximum absolute atomic E-state index is 12.1. The van der Waals surface area contributed by atoms with Gasteiger partial charge in [-0.1, -0.05) is 6.42 Å². The van der Waals surface area contributed by atoms with Crippen LogP contribution in [0.3, 0.4) is 0 Å². The fourth-order valence-electron chi connectivity index (χ4n) is 3.41. The molecule has 1 aromatic rings. The fraction of sp³-hybridized carbons (Fsp3) is 0.588. The van der Waals surface area contributed by atoms with Crippen LogP contribution in [0.5, 0.6) is 0 Å². The molecule has 1 aliphatic heterocycles. The summed E-state index contributed by atoms with van der Waals surface area (Å²) in [6.45, 7) is 5.42. The molecule has 1 aliphatic carbocycles. The Morgan fingerprint density at radius 1 is 1.27 bits per heavy atom. The van der Waals surface area contributed by atoms with E-state index >= 15 is 0 Å². The topological polar surface area (TPSA) is 114 Å². The molecule has 8 nitrogen and oxygen atoms in total. The van der Waals surface area contributed by atoms with E-state index in [1.54, 1.807) is 20.8 Å². The van der Waals surface area contributed by atoms with Gasteiger partial charge in [-0.3, -0.25) is 0 Å². The number of amides is 1. The van der Waals surface area contributed by atoms with Gasteiger partial charge in [-0.15, -0.1) is 0 Å². The number of fused-ring (bicyclic) bond motifs is 1. The summed E-state index contributed by atoms with van der Waals surface area (Å²) in [7, 11) is 0. The molecular weight excluding hydrogens is 360 g/mol. The Hall–Kier alpha value is -2.22. The van der Waals surface area contributed by atoms with Crippen LogP contribution in [0.15, 0.2) is 4.99 Å². The molecule has 0 saturated heterocycles. The maximum Gasteiger partial charge on any atom is 0.407 e. The number of carboxylic acid groups (broad SMARTS) is 1. The zero-order chi connectivity index (χ0) is 19.1. The molecule has 2 heterocycles. The van der Waals surface area contributed by atoms with Gasteiger partial charge in [-0.25, -0.2) is 19.6 Å². The van der Waals surface area contributed by atoms with E-state index in [0.717, 1.165) is 19.3 Å². The molecule has 0 bridgehead atoms. The van der Waals surface area contributed by atoms with Gasteiger partial charge < -0.3 is 15.2 Å². The summed E-state index contributed by atoms with van der Waals surface area (Å²) in [6, 6.07) is -0.159. The zero-order valence-electron chi connectivity index (χ0n) is 14.9. The van der Waals surface area contributed by atoms with Crippen molar-refractivity contribution in [2.75, 3.05) is 0 Å². The van der Waals surface area contributed by atoms with Crippen molar-refractivity contribution >= 4 is 35.2 Å². The number of carbonyl (C=O) groups is 2. The highest BCUT2D eigenvalue weighted by atomic mass is 35.5. The molecule has 2 atom stereocenters. The van der Waals surface area contributed by atoms with Gasteiger partial charge in [0.05, 0.1) is 5.69 Å². The number of carboxylic acids is 1. The molecule has 2 aliphatic rings. The van der Waals surface area contributed by atoms with E-state index in [0.29, 0.717) is 17.1 Å². The molecule has 26 heavy (non-hydrogen) atoms. The van der Waals surface area contributed by atoms with Crippen LogP contribution in [0.2, 0.25) is 5.28 Å². The normalized spacial score (nSPS) is 21.9. The largest absolute Gasteiger partial charge is 0.477 e. The number of alkyl carbamates (subject to hydrolysis) is 1. The lowest BCUT2D eigenvalue weighted by Crippen LogP contribution is -2.40. The van der Waals surface area contributed by atoms with Crippen molar-refractivity contribution < 1.29 is 19.4 Å². The standard InChI is InChI=1S/C17H21ClN4O4/c1-17(2,3)26-16(25)20-10-6-4-5-8(10)12-9-7-11(14(23)24)19-13(9)22-15(18)21-12/h8,10H,4-7H2,1-3H3,(H,20,25)(H,23,24)/t8-,10-/m0/s1. The summed E-state index contributed by atoms with van der Waals surface area (Å²) in [5.41, 5.74) is 0.780. The molecule has 1 aromatic heterocycles. The number of rotatable bonds is 3. The number of aromatic nitrogens is 2. The molecule has 1 amide bonds. The monoisotopic (exact) mass is 380 g/mol. The molecule has 0 radical (unpaired) electrons. The van der Waals surface area contributed by atoms with Crippen LogP contribution in [0, 0.1) is 0 Å². The van der Waals surface area contributed by atoms with Gasteiger partial charge in [0.25, 0.3) is 0 Å². The van der Waals surface area contributed by atoms with Crippen LogP contribution in [0.1, 0.15) is 57.2 Å². The number of halogens is 1. The highest BCUT2D eigenvalue weighted by molar-refractivity contribution is 6.37. The highest BCUT2D eigenvalue weighted by Gasteiger charge is 2.36. The predicted molar refractivity (Wildman–Crippen MR) is 95.2 cm³/mol. The van der Waals surface area contributed by atoms with Crippen molar-refractivity contribution in [2.24, 2.45) is 4.99 Å². The maximum atomic E-state index is 12.1. The first-order chi connectivity index (χ1) is 12.1. The summed E-state index contributed by atoms with van der Waals surface area (Å²) >= 11 is 6.02. The zero-order valence-corrected chi connectivity index (χ0v) is 15.6. The fourth-order valence-corrected chi connectivity index (χ4v) is 3.58. The van der Waals surface area contributed by atoms with Crippen LogP contribution < -0.4 is 5.32 Å². The molecule has 1 saturated carbocycles. The van der Waals surface area contributed by atoms with Gasteiger partial charge in [0.2, 0.25) is 5.28 Å². The molecule has 0 spiro atoms. The van der Waals surface area contributed by atoms with Crippen LogP contribution in [0.25, 0.3) is 0 Å².